The number of carboxylic acid groups (broad SMARTS) is 2. The maximum absolute atomic E-state index is 12.0. The number of allylic oxidation sites excluding steroid dienone is 2. The number of amides is 1. The fourth-order valence-corrected chi connectivity index (χ4v) is 3.39. The van der Waals surface area contributed by atoms with E-state index in [1.54, 1.807) is 0 Å². The van der Waals surface area contributed by atoms with Gasteiger partial charge in [0.2, 0.25) is 5.91 Å². The quantitative estimate of drug-likeness (QED) is 0.0885. The third-order valence-electron chi connectivity index (χ3n) is 5.03. The van der Waals surface area contributed by atoms with Gasteiger partial charge in [-0.2, -0.15) is 0 Å². The van der Waals surface area contributed by atoms with Crippen LogP contribution < -0.4 is 61.8 Å². The molecule has 0 radical (unpaired) electrons. The maximum Gasteiger partial charge on any atom is 1.00 e. The van der Waals surface area contributed by atoms with Crippen LogP contribution in [0, 0.1) is 0 Å². The number of carboxylic acids is 2. The van der Waals surface area contributed by atoms with Gasteiger partial charge in [0.25, 0.3) is 0 Å². The van der Waals surface area contributed by atoms with Gasteiger partial charge in [-0.25, -0.2) is 0 Å². The van der Waals surface area contributed by atoms with E-state index < -0.39 is 11.9 Å². The molecule has 0 heterocycles. The number of unbranched alkanes of at least 4 members (excludes halogenated alkanes) is 3. The zero-order valence-electron chi connectivity index (χ0n) is 18.7. The number of aliphatic hydroxyl groups is 1. The number of hydrogen-bond acceptors (Lipinski definition) is 5. The van der Waals surface area contributed by atoms with Crippen LogP contribution in [0.15, 0.2) is 12.2 Å². The van der Waals surface area contributed by atoms with Gasteiger partial charge in [-0.05, 0) is 51.9 Å². The second-order valence-corrected chi connectivity index (χ2v) is 7.45. The molecule has 8 nitrogen and oxygen atoms in total. The summed E-state index contributed by atoms with van der Waals surface area (Å²) in [6.45, 7) is 4.89. The molecule has 0 rings (SSSR count). The predicted molar refractivity (Wildman–Crippen MR) is 109 cm³/mol. The van der Waals surface area contributed by atoms with Gasteiger partial charge in [-0.3, -0.25) is 9.59 Å². The van der Waals surface area contributed by atoms with Crippen LogP contribution in [0.25, 0.3) is 0 Å². The molecule has 1 atom stereocenters. The van der Waals surface area contributed by atoms with Gasteiger partial charge in [0, 0.05) is 18.8 Å². The molecular formula is C21H38KN2O6+. The minimum Gasteiger partial charge on any atom is -0.550 e. The van der Waals surface area contributed by atoms with Crippen LogP contribution in [0.1, 0.15) is 64.7 Å². The van der Waals surface area contributed by atoms with E-state index in [0.29, 0.717) is 69.3 Å². The zero-order valence-corrected chi connectivity index (χ0v) is 21.9. The first-order chi connectivity index (χ1) is 13.8. The molecule has 1 amide bonds. The normalized spacial score (nSPS) is 12.9. The maximum atomic E-state index is 12.0. The molecule has 0 fully saturated rings. The Bertz CT molecular complexity index is 492. The van der Waals surface area contributed by atoms with Crippen LogP contribution in [0.3, 0.4) is 0 Å². The van der Waals surface area contributed by atoms with E-state index in [1.165, 1.54) is 0 Å². The monoisotopic (exact) mass is 453 g/mol. The van der Waals surface area contributed by atoms with Crippen molar-refractivity contribution in [2.45, 2.75) is 64.7 Å². The van der Waals surface area contributed by atoms with Gasteiger partial charge in [-0.15, -0.1) is 0 Å². The van der Waals surface area contributed by atoms with Crippen LogP contribution >= 0.6 is 0 Å². The number of hydrogen-bond donors (Lipinski definition) is 3. The Morgan fingerprint density at radius 2 is 1.57 bits per heavy atom. The van der Waals surface area contributed by atoms with Crippen molar-refractivity contribution in [2.75, 3.05) is 39.3 Å². The van der Waals surface area contributed by atoms with E-state index in [-0.39, 0.29) is 76.7 Å². The first-order valence-corrected chi connectivity index (χ1v) is 10.6. The van der Waals surface area contributed by atoms with E-state index in [9.17, 15) is 24.6 Å². The molecule has 0 aliphatic rings. The fourth-order valence-electron chi connectivity index (χ4n) is 3.39. The first-order valence-electron chi connectivity index (χ1n) is 10.6. The van der Waals surface area contributed by atoms with E-state index in [2.05, 4.69) is 5.32 Å². The number of rotatable bonds is 19. The number of nitrogens with one attached hydrogen (secondary N) is 1. The number of nitrogens with zero attached hydrogens (tertiary/aromatic N) is 1. The number of quaternary nitrogens is 1. The second kappa shape index (κ2) is 20.6. The van der Waals surface area contributed by atoms with Crippen LogP contribution in [-0.4, -0.2) is 71.9 Å². The smallest absolute Gasteiger partial charge is 0.550 e. The van der Waals surface area contributed by atoms with Crippen molar-refractivity contribution in [3.8, 4) is 0 Å². The molecule has 168 valence electrons. The van der Waals surface area contributed by atoms with Crippen LogP contribution in [0.2, 0.25) is 0 Å². The Morgan fingerprint density at radius 3 is 2.10 bits per heavy atom. The van der Waals surface area contributed by atoms with E-state index in [0.717, 1.165) is 12.8 Å². The molecular weight excluding hydrogens is 415 g/mol. The van der Waals surface area contributed by atoms with Crippen LogP contribution in [-0.2, 0) is 14.4 Å². The summed E-state index contributed by atoms with van der Waals surface area (Å²) in [7, 11) is 0. The Morgan fingerprint density at radius 1 is 0.933 bits per heavy atom. The van der Waals surface area contributed by atoms with E-state index >= 15 is 0 Å². The molecule has 0 saturated carbocycles. The van der Waals surface area contributed by atoms with Gasteiger partial charge in [0.15, 0.2) is 0 Å². The number of carbonyl (C=O) groups excluding carboxylic acids is 2. The summed E-state index contributed by atoms with van der Waals surface area (Å²) in [5.41, 5.74) is 0. The van der Waals surface area contributed by atoms with Gasteiger partial charge in [-0.1, -0.05) is 12.2 Å². The Hall–Kier alpha value is -0.294. The van der Waals surface area contributed by atoms with E-state index in [4.69, 9.17) is 5.11 Å². The van der Waals surface area contributed by atoms with Crippen molar-refractivity contribution in [3.63, 3.8) is 0 Å². The average molecular weight is 454 g/mol. The van der Waals surface area contributed by atoms with Crippen molar-refractivity contribution >= 4 is 17.8 Å². The minimum atomic E-state index is -1.07. The molecule has 0 aromatic heterocycles. The second-order valence-electron chi connectivity index (χ2n) is 7.45. The molecule has 0 aliphatic carbocycles. The summed E-state index contributed by atoms with van der Waals surface area (Å²) in [5.74, 6) is -1.90. The zero-order chi connectivity index (χ0) is 22.0. The van der Waals surface area contributed by atoms with Crippen LogP contribution in [0.4, 0.5) is 0 Å². The minimum absolute atomic E-state index is 0. The van der Waals surface area contributed by atoms with E-state index in [1.807, 2.05) is 19.1 Å². The van der Waals surface area contributed by atoms with Gasteiger partial charge in [0.1, 0.15) is 6.54 Å². The summed E-state index contributed by atoms with van der Waals surface area (Å²) < 4.78 is 0.544. The summed E-state index contributed by atoms with van der Waals surface area (Å²) in [6.07, 6.45) is 8.65. The SMILES string of the molecule is C/C=C/CCCC(=O)NCC[N+](CCO)(CCCCC(=O)[O-])CCCCC(=O)O.[K+]. The molecule has 0 saturated heterocycles. The molecule has 0 bridgehead atoms. The summed E-state index contributed by atoms with van der Waals surface area (Å²) in [4.78, 5) is 33.4. The largest absolute Gasteiger partial charge is 1.00 e. The van der Waals surface area contributed by atoms with Crippen molar-refractivity contribution < 1.29 is 85.6 Å². The first kappa shape index (κ1) is 31.9. The standard InChI is InChI=1S/C21H38N2O6.K/c1-2-3-4-5-10-19(25)22-13-16-23(17-18-24,14-8-6-11-20(26)27)15-9-7-12-21(28)29;/h2-3,24H,4-18H2,1H3,(H2-,22,25,26,27,28,29);/q;+1/b3-2+;. The Kier molecular flexibility index (Phi) is 21.9. The average Bonchev–Trinajstić information content (AvgIpc) is 2.66. The summed E-state index contributed by atoms with van der Waals surface area (Å²) in [6, 6.07) is 0. The third-order valence-corrected chi connectivity index (χ3v) is 5.03. The number of aliphatic hydroxyl groups excluding tert-OH is 1. The third kappa shape index (κ3) is 18.5. The van der Waals surface area contributed by atoms with Gasteiger partial charge >= 0.3 is 57.4 Å². The predicted octanol–water partition coefficient (Wildman–Crippen LogP) is -2.16. The van der Waals surface area contributed by atoms with Gasteiger partial charge < -0.3 is 29.9 Å². The molecule has 1 unspecified atom stereocenters. The molecule has 9 heteroatoms. The van der Waals surface area contributed by atoms with Gasteiger partial charge in [0.05, 0.1) is 32.8 Å². The number of carbonyl (C=O) groups is 3. The molecule has 3 N–H and O–H groups in total. The van der Waals surface area contributed by atoms with Crippen molar-refractivity contribution in [1.29, 1.82) is 0 Å². The molecule has 0 aliphatic heterocycles. The van der Waals surface area contributed by atoms with Crippen molar-refractivity contribution in [3.05, 3.63) is 12.2 Å². The summed E-state index contributed by atoms with van der Waals surface area (Å²) >= 11 is 0. The Balaban J connectivity index is 0. The molecule has 0 spiro atoms. The Labute approximate surface area is 223 Å². The molecule has 0 aromatic rings. The summed E-state index contributed by atoms with van der Waals surface area (Å²) in [5, 5.41) is 31.9. The fraction of sp³-hybridized carbons (Fsp3) is 0.762. The molecule has 30 heavy (non-hydrogen) atoms. The van der Waals surface area contributed by atoms with Crippen molar-refractivity contribution in [2.24, 2.45) is 0 Å². The number of aliphatic carboxylic acids is 2. The van der Waals surface area contributed by atoms with Crippen LogP contribution in [0.5, 0.6) is 0 Å². The van der Waals surface area contributed by atoms with Crippen molar-refractivity contribution in [1.82, 2.24) is 5.32 Å². The topological polar surface area (TPSA) is 127 Å². The molecule has 0 aromatic carbocycles.